The standard InChI is InChI=1S/C14H21N3O3/c1-3-5-8-20-12-7-6-11(9-13(12)19-4-2)10-16-17-14(15)18/h6-7,9-10H,3-5,8H2,1-2H3,(H3,15,17,18)/b16-10+. The van der Waals surface area contributed by atoms with Gasteiger partial charge in [0, 0.05) is 0 Å². The molecule has 6 nitrogen and oxygen atoms in total. The van der Waals surface area contributed by atoms with Gasteiger partial charge in [-0.1, -0.05) is 13.3 Å². The second kappa shape index (κ2) is 8.79. The van der Waals surface area contributed by atoms with Gasteiger partial charge in [-0.2, -0.15) is 5.10 Å². The van der Waals surface area contributed by atoms with E-state index in [1.807, 2.05) is 19.1 Å². The highest BCUT2D eigenvalue weighted by Crippen LogP contribution is 2.28. The number of amides is 2. The van der Waals surface area contributed by atoms with Crippen LogP contribution in [-0.4, -0.2) is 25.5 Å². The lowest BCUT2D eigenvalue weighted by atomic mass is 10.2. The average Bonchev–Trinajstić information content (AvgIpc) is 2.41. The fourth-order valence-electron chi connectivity index (χ4n) is 1.49. The molecule has 1 rings (SSSR count). The van der Waals surface area contributed by atoms with Gasteiger partial charge < -0.3 is 15.2 Å². The second-order valence-electron chi connectivity index (χ2n) is 4.08. The number of hydrogen-bond donors (Lipinski definition) is 2. The van der Waals surface area contributed by atoms with Gasteiger partial charge >= 0.3 is 6.03 Å². The van der Waals surface area contributed by atoms with Crippen LogP contribution in [0.25, 0.3) is 0 Å². The maximum atomic E-state index is 10.5. The van der Waals surface area contributed by atoms with Crippen LogP contribution < -0.4 is 20.6 Å². The van der Waals surface area contributed by atoms with Gasteiger partial charge in [-0.05, 0) is 37.1 Å². The number of carbonyl (C=O) groups is 1. The minimum absolute atomic E-state index is 0.546. The van der Waals surface area contributed by atoms with E-state index in [0.717, 1.165) is 18.4 Å². The Kier molecular flexibility index (Phi) is 6.95. The molecule has 1 aromatic carbocycles. The largest absolute Gasteiger partial charge is 0.490 e. The van der Waals surface area contributed by atoms with Gasteiger partial charge in [0.05, 0.1) is 19.4 Å². The predicted molar refractivity (Wildman–Crippen MR) is 78.3 cm³/mol. The van der Waals surface area contributed by atoms with E-state index in [2.05, 4.69) is 17.5 Å². The zero-order valence-corrected chi connectivity index (χ0v) is 11.9. The van der Waals surface area contributed by atoms with Gasteiger partial charge in [0.1, 0.15) is 0 Å². The smallest absolute Gasteiger partial charge is 0.332 e. The molecule has 0 heterocycles. The number of primary amides is 1. The summed E-state index contributed by atoms with van der Waals surface area (Å²) in [5, 5.41) is 3.70. The molecule has 0 spiro atoms. The van der Waals surface area contributed by atoms with Crippen molar-refractivity contribution in [2.24, 2.45) is 10.8 Å². The summed E-state index contributed by atoms with van der Waals surface area (Å²) in [7, 11) is 0. The SMILES string of the molecule is CCCCOc1ccc(/C=N/NC(N)=O)cc1OCC. The number of benzene rings is 1. The highest BCUT2D eigenvalue weighted by Gasteiger charge is 2.05. The first kappa shape index (κ1) is 15.8. The van der Waals surface area contributed by atoms with Crippen molar-refractivity contribution in [3.63, 3.8) is 0 Å². The van der Waals surface area contributed by atoms with E-state index in [9.17, 15) is 4.79 Å². The number of rotatable bonds is 8. The molecule has 110 valence electrons. The summed E-state index contributed by atoms with van der Waals surface area (Å²) in [5.74, 6) is 1.37. The third kappa shape index (κ3) is 5.60. The average molecular weight is 279 g/mol. The highest BCUT2D eigenvalue weighted by molar-refractivity contribution is 5.82. The van der Waals surface area contributed by atoms with Crippen LogP contribution in [-0.2, 0) is 0 Å². The van der Waals surface area contributed by atoms with E-state index < -0.39 is 6.03 Å². The first-order chi connectivity index (χ1) is 9.67. The molecule has 0 saturated heterocycles. The van der Waals surface area contributed by atoms with Crippen molar-refractivity contribution in [1.82, 2.24) is 5.43 Å². The molecule has 0 saturated carbocycles. The zero-order valence-electron chi connectivity index (χ0n) is 11.9. The van der Waals surface area contributed by atoms with Crippen molar-refractivity contribution in [3.8, 4) is 11.5 Å². The molecule has 0 aliphatic heterocycles. The molecule has 2 amide bonds. The number of nitrogens with two attached hydrogens (primary N) is 1. The molecule has 0 unspecified atom stereocenters. The highest BCUT2D eigenvalue weighted by atomic mass is 16.5. The fourth-order valence-corrected chi connectivity index (χ4v) is 1.49. The quantitative estimate of drug-likeness (QED) is 0.435. The summed E-state index contributed by atoms with van der Waals surface area (Å²) >= 11 is 0. The summed E-state index contributed by atoms with van der Waals surface area (Å²) in [5.41, 5.74) is 7.84. The van der Waals surface area contributed by atoms with Gasteiger partial charge in [-0.15, -0.1) is 0 Å². The van der Waals surface area contributed by atoms with Crippen LogP contribution in [0.3, 0.4) is 0 Å². The van der Waals surface area contributed by atoms with Crippen LogP contribution >= 0.6 is 0 Å². The predicted octanol–water partition coefficient (Wildman–Crippen LogP) is 2.27. The number of hydrogen-bond acceptors (Lipinski definition) is 4. The van der Waals surface area contributed by atoms with Gasteiger partial charge in [0.2, 0.25) is 0 Å². The normalized spacial score (nSPS) is 10.5. The number of ether oxygens (including phenoxy) is 2. The summed E-state index contributed by atoms with van der Waals surface area (Å²) in [6.07, 6.45) is 3.56. The summed E-state index contributed by atoms with van der Waals surface area (Å²) in [4.78, 5) is 10.5. The molecule has 20 heavy (non-hydrogen) atoms. The molecule has 0 fully saturated rings. The van der Waals surface area contributed by atoms with Crippen LogP contribution in [0, 0.1) is 0 Å². The van der Waals surface area contributed by atoms with Crippen molar-refractivity contribution in [2.75, 3.05) is 13.2 Å². The van der Waals surface area contributed by atoms with E-state index >= 15 is 0 Å². The van der Waals surface area contributed by atoms with Crippen LogP contribution in [0.1, 0.15) is 32.3 Å². The van der Waals surface area contributed by atoms with Gasteiger partial charge in [0.15, 0.2) is 11.5 Å². The Morgan fingerprint density at radius 1 is 1.35 bits per heavy atom. The summed E-state index contributed by atoms with van der Waals surface area (Å²) in [6, 6.07) is 4.75. The Morgan fingerprint density at radius 3 is 2.80 bits per heavy atom. The van der Waals surface area contributed by atoms with Crippen molar-refractivity contribution in [1.29, 1.82) is 0 Å². The van der Waals surface area contributed by atoms with Crippen LogP contribution in [0.5, 0.6) is 11.5 Å². The maximum Gasteiger partial charge on any atom is 0.332 e. The Balaban J connectivity index is 2.77. The molecule has 0 bridgehead atoms. The Labute approximate surface area is 118 Å². The third-order valence-electron chi connectivity index (χ3n) is 2.41. The van der Waals surface area contributed by atoms with E-state index in [-0.39, 0.29) is 0 Å². The molecule has 0 aliphatic carbocycles. The Hall–Kier alpha value is -2.24. The zero-order chi connectivity index (χ0) is 14.8. The lowest BCUT2D eigenvalue weighted by Gasteiger charge is -2.12. The summed E-state index contributed by atoms with van der Waals surface area (Å²) in [6.45, 7) is 5.22. The van der Waals surface area contributed by atoms with Crippen molar-refractivity contribution in [3.05, 3.63) is 23.8 Å². The number of unbranched alkanes of at least 4 members (excludes halogenated alkanes) is 1. The maximum absolute atomic E-state index is 10.5. The number of nitrogens with one attached hydrogen (secondary N) is 1. The molecule has 0 aliphatic rings. The van der Waals surface area contributed by atoms with Crippen molar-refractivity contribution in [2.45, 2.75) is 26.7 Å². The number of hydrazone groups is 1. The lowest BCUT2D eigenvalue weighted by Crippen LogP contribution is -2.24. The van der Waals surface area contributed by atoms with Crippen molar-refractivity contribution >= 4 is 12.2 Å². The molecule has 0 aromatic heterocycles. The summed E-state index contributed by atoms with van der Waals surface area (Å²) < 4.78 is 11.2. The first-order valence-corrected chi connectivity index (χ1v) is 6.65. The molecular weight excluding hydrogens is 258 g/mol. The first-order valence-electron chi connectivity index (χ1n) is 6.65. The van der Waals surface area contributed by atoms with Gasteiger partial charge in [0.25, 0.3) is 0 Å². The fraction of sp³-hybridized carbons (Fsp3) is 0.429. The number of urea groups is 1. The van der Waals surface area contributed by atoms with E-state index in [1.54, 1.807) is 6.07 Å². The second-order valence-corrected chi connectivity index (χ2v) is 4.08. The van der Waals surface area contributed by atoms with Gasteiger partial charge in [-0.25, -0.2) is 10.2 Å². The van der Waals surface area contributed by atoms with Crippen LogP contribution in [0.2, 0.25) is 0 Å². The minimum Gasteiger partial charge on any atom is -0.490 e. The van der Waals surface area contributed by atoms with E-state index in [0.29, 0.717) is 24.7 Å². The lowest BCUT2D eigenvalue weighted by molar-refractivity contribution is 0.249. The van der Waals surface area contributed by atoms with Gasteiger partial charge in [-0.3, -0.25) is 0 Å². The molecule has 0 atom stereocenters. The molecular formula is C14H21N3O3. The molecule has 0 radical (unpaired) electrons. The van der Waals surface area contributed by atoms with Crippen LogP contribution in [0.15, 0.2) is 23.3 Å². The minimum atomic E-state index is -0.703. The molecule has 3 N–H and O–H groups in total. The topological polar surface area (TPSA) is 85.9 Å². The third-order valence-corrected chi connectivity index (χ3v) is 2.41. The van der Waals surface area contributed by atoms with Crippen LogP contribution in [0.4, 0.5) is 4.79 Å². The Morgan fingerprint density at radius 2 is 2.15 bits per heavy atom. The molecule has 6 heteroatoms. The Bertz CT molecular complexity index is 461. The number of nitrogens with zero attached hydrogens (tertiary/aromatic N) is 1. The van der Waals surface area contributed by atoms with Crippen molar-refractivity contribution < 1.29 is 14.3 Å². The van der Waals surface area contributed by atoms with E-state index in [1.165, 1.54) is 6.21 Å². The van der Waals surface area contributed by atoms with E-state index in [4.69, 9.17) is 15.2 Å². The number of carbonyl (C=O) groups excluding carboxylic acids is 1. The monoisotopic (exact) mass is 279 g/mol. The molecule has 1 aromatic rings.